The van der Waals surface area contributed by atoms with Crippen LogP contribution in [0.2, 0.25) is 0 Å². The minimum atomic E-state index is -0.583. The summed E-state index contributed by atoms with van der Waals surface area (Å²) in [5.74, 6) is 0.448. The van der Waals surface area contributed by atoms with Crippen molar-refractivity contribution >= 4 is 46.8 Å². The van der Waals surface area contributed by atoms with Gasteiger partial charge in [-0.15, -0.1) is 0 Å². The van der Waals surface area contributed by atoms with E-state index in [1.54, 1.807) is 57.4 Å². The van der Waals surface area contributed by atoms with Gasteiger partial charge in [0.25, 0.3) is 11.8 Å². The number of aryl methyl sites for hydroxylation is 1. The van der Waals surface area contributed by atoms with Crippen LogP contribution in [0.15, 0.2) is 46.4 Å². The summed E-state index contributed by atoms with van der Waals surface area (Å²) in [6.07, 6.45) is 1.65. The second-order valence-electron chi connectivity index (χ2n) is 6.79. The summed E-state index contributed by atoms with van der Waals surface area (Å²) >= 11 is 5.19. The van der Waals surface area contributed by atoms with Crippen molar-refractivity contribution in [1.29, 1.82) is 0 Å². The van der Waals surface area contributed by atoms with Crippen LogP contribution in [0.5, 0.6) is 5.75 Å². The molecule has 8 nitrogen and oxygen atoms in total. The van der Waals surface area contributed by atoms with E-state index in [1.807, 2.05) is 0 Å². The molecule has 0 saturated carbocycles. The number of anilines is 1. The molecule has 3 rings (SSSR count). The van der Waals surface area contributed by atoms with Gasteiger partial charge in [0, 0.05) is 14.1 Å². The number of amides is 3. The van der Waals surface area contributed by atoms with Gasteiger partial charge in [-0.2, -0.15) is 0 Å². The zero-order valence-electron chi connectivity index (χ0n) is 16.8. The third kappa shape index (κ3) is 4.74. The van der Waals surface area contributed by atoms with Gasteiger partial charge < -0.3 is 14.1 Å². The summed E-state index contributed by atoms with van der Waals surface area (Å²) in [5, 5.41) is 2.51. The third-order valence-electron chi connectivity index (χ3n) is 4.33. The van der Waals surface area contributed by atoms with Gasteiger partial charge in [0.2, 0.25) is 5.91 Å². The third-order valence-corrected chi connectivity index (χ3v) is 4.61. The molecule has 1 N–H and O–H groups in total. The van der Waals surface area contributed by atoms with E-state index in [1.165, 1.54) is 15.9 Å². The first-order valence-electron chi connectivity index (χ1n) is 9.17. The molecular formula is C21H21N3O5S. The van der Waals surface area contributed by atoms with Crippen molar-refractivity contribution in [1.82, 2.24) is 10.2 Å². The Morgan fingerprint density at radius 2 is 1.90 bits per heavy atom. The van der Waals surface area contributed by atoms with Crippen LogP contribution in [0.1, 0.15) is 17.9 Å². The van der Waals surface area contributed by atoms with Crippen molar-refractivity contribution in [2.45, 2.75) is 13.3 Å². The van der Waals surface area contributed by atoms with Crippen molar-refractivity contribution in [2.75, 3.05) is 25.6 Å². The van der Waals surface area contributed by atoms with E-state index in [4.69, 9.17) is 21.4 Å². The molecule has 0 spiro atoms. The van der Waals surface area contributed by atoms with Crippen molar-refractivity contribution < 1.29 is 23.5 Å². The van der Waals surface area contributed by atoms with E-state index in [9.17, 15) is 14.4 Å². The monoisotopic (exact) mass is 427 g/mol. The minimum absolute atomic E-state index is 0.0111. The fraction of sp³-hybridized carbons (Fsp3) is 0.238. The number of carbonyl (C=O) groups is 3. The van der Waals surface area contributed by atoms with Gasteiger partial charge in [0.05, 0.1) is 18.7 Å². The Balaban J connectivity index is 1.74. The zero-order valence-corrected chi connectivity index (χ0v) is 17.6. The molecule has 0 aliphatic carbocycles. The Bertz CT molecular complexity index is 1020. The van der Waals surface area contributed by atoms with E-state index in [0.717, 1.165) is 0 Å². The largest absolute Gasteiger partial charge is 0.493 e. The van der Waals surface area contributed by atoms with Gasteiger partial charge >= 0.3 is 0 Å². The number of carbonyl (C=O) groups excluding carboxylic acids is 3. The summed E-state index contributed by atoms with van der Waals surface area (Å²) in [6, 6.07) is 10.1. The van der Waals surface area contributed by atoms with E-state index < -0.39 is 11.8 Å². The normalized spacial score (nSPS) is 15.4. The minimum Gasteiger partial charge on any atom is -0.493 e. The Labute approximate surface area is 179 Å². The van der Waals surface area contributed by atoms with Crippen molar-refractivity contribution in [3.8, 4) is 5.75 Å². The molecular weight excluding hydrogens is 406 g/mol. The van der Waals surface area contributed by atoms with Crippen molar-refractivity contribution in [3.63, 3.8) is 0 Å². The number of furan rings is 1. The lowest BCUT2D eigenvalue weighted by atomic mass is 10.1. The van der Waals surface area contributed by atoms with Crippen LogP contribution in [0.25, 0.3) is 6.08 Å². The van der Waals surface area contributed by atoms with Crippen LogP contribution in [0, 0.1) is 6.92 Å². The van der Waals surface area contributed by atoms with Gasteiger partial charge in [0.1, 0.15) is 22.8 Å². The first-order chi connectivity index (χ1) is 14.3. The molecule has 0 radical (unpaired) electrons. The van der Waals surface area contributed by atoms with E-state index >= 15 is 0 Å². The summed E-state index contributed by atoms with van der Waals surface area (Å²) in [5.41, 5.74) is 0.392. The predicted octanol–water partition coefficient (Wildman–Crippen LogP) is 2.28. The standard InChI is InChI=1S/C21H21N3O5S/c1-13-4-7-16(29-13)12-17-19(26)22-21(30)24(20(17)27)14-5-8-15(9-6-14)28-11-10-18(25)23(2)3/h4-9,12H,10-11H2,1-3H3,(H,22,26,30)/b17-12-. The SMILES string of the molecule is Cc1ccc(/C=C2/C(=O)NC(=S)N(c3ccc(OCCC(=O)N(C)C)cc3)C2=O)o1. The molecule has 1 aromatic carbocycles. The number of thiocarbonyl (C=S) groups is 1. The number of hydrogen-bond donors (Lipinski definition) is 1. The highest BCUT2D eigenvalue weighted by atomic mass is 32.1. The molecule has 1 aromatic heterocycles. The summed E-state index contributed by atoms with van der Waals surface area (Å²) < 4.78 is 11.0. The summed E-state index contributed by atoms with van der Waals surface area (Å²) in [7, 11) is 3.37. The summed E-state index contributed by atoms with van der Waals surface area (Å²) in [4.78, 5) is 39.5. The Morgan fingerprint density at radius 1 is 1.20 bits per heavy atom. The number of rotatable bonds is 6. The van der Waals surface area contributed by atoms with Crippen LogP contribution in [-0.2, 0) is 14.4 Å². The van der Waals surface area contributed by atoms with Gasteiger partial charge in [0.15, 0.2) is 5.11 Å². The number of ether oxygens (including phenoxy) is 1. The Morgan fingerprint density at radius 3 is 2.50 bits per heavy atom. The average Bonchev–Trinajstić information content (AvgIpc) is 3.11. The maximum absolute atomic E-state index is 12.9. The first kappa shape index (κ1) is 21.3. The van der Waals surface area contributed by atoms with E-state index in [0.29, 0.717) is 23.0 Å². The molecule has 0 bridgehead atoms. The van der Waals surface area contributed by atoms with Gasteiger partial charge in [-0.1, -0.05) is 0 Å². The fourth-order valence-electron chi connectivity index (χ4n) is 2.74. The van der Waals surface area contributed by atoms with Crippen LogP contribution >= 0.6 is 12.2 Å². The van der Waals surface area contributed by atoms with Crippen LogP contribution in [0.3, 0.4) is 0 Å². The maximum Gasteiger partial charge on any atom is 0.270 e. The fourth-order valence-corrected chi connectivity index (χ4v) is 3.02. The second kappa shape index (κ2) is 8.91. The number of hydrogen-bond acceptors (Lipinski definition) is 6. The lowest BCUT2D eigenvalue weighted by Gasteiger charge is -2.28. The van der Waals surface area contributed by atoms with Crippen LogP contribution in [-0.4, -0.2) is 48.4 Å². The van der Waals surface area contributed by atoms with E-state index in [-0.39, 0.29) is 29.6 Å². The van der Waals surface area contributed by atoms with Crippen molar-refractivity contribution in [2.24, 2.45) is 0 Å². The average molecular weight is 427 g/mol. The smallest absolute Gasteiger partial charge is 0.270 e. The molecule has 1 aliphatic heterocycles. The molecule has 9 heteroatoms. The zero-order chi connectivity index (χ0) is 21.8. The highest BCUT2D eigenvalue weighted by Crippen LogP contribution is 2.25. The second-order valence-corrected chi connectivity index (χ2v) is 7.17. The van der Waals surface area contributed by atoms with Gasteiger partial charge in [-0.25, -0.2) is 0 Å². The predicted molar refractivity (Wildman–Crippen MR) is 115 cm³/mol. The first-order valence-corrected chi connectivity index (χ1v) is 9.58. The topological polar surface area (TPSA) is 92.1 Å². The molecule has 2 heterocycles. The number of benzene rings is 1. The molecule has 0 unspecified atom stereocenters. The van der Waals surface area contributed by atoms with Crippen LogP contribution < -0.4 is 15.0 Å². The molecule has 2 aromatic rings. The molecule has 1 aliphatic rings. The van der Waals surface area contributed by atoms with Gasteiger partial charge in [-0.3, -0.25) is 24.6 Å². The Kier molecular flexibility index (Phi) is 6.31. The highest BCUT2D eigenvalue weighted by Gasteiger charge is 2.34. The van der Waals surface area contributed by atoms with Crippen LogP contribution in [0.4, 0.5) is 5.69 Å². The van der Waals surface area contributed by atoms with Crippen molar-refractivity contribution in [3.05, 3.63) is 53.5 Å². The maximum atomic E-state index is 12.9. The highest BCUT2D eigenvalue weighted by molar-refractivity contribution is 7.80. The quantitative estimate of drug-likeness (QED) is 0.432. The molecule has 156 valence electrons. The molecule has 30 heavy (non-hydrogen) atoms. The molecule has 1 saturated heterocycles. The van der Waals surface area contributed by atoms with Gasteiger partial charge in [-0.05, 0) is 61.6 Å². The molecule has 0 atom stereocenters. The van der Waals surface area contributed by atoms with E-state index in [2.05, 4.69) is 5.32 Å². The number of nitrogens with zero attached hydrogens (tertiary/aromatic N) is 2. The Hall–Kier alpha value is -3.46. The number of nitrogens with one attached hydrogen (secondary N) is 1. The molecule has 3 amide bonds. The molecule has 1 fully saturated rings. The summed E-state index contributed by atoms with van der Waals surface area (Å²) in [6.45, 7) is 2.01. The lowest BCUT2D eigenvalue weighted by Crippen LogP contribution is -2.54. The lowest BCUT2D eigenvalue weighted by molar-refractivity contribution is -0.129.